The Balaban J connectivity index is 1.68. The molecular formula is C37H57BrO7. The predicted molar refractivity (Wildman–Crippen MR) is 178 cm³/mol. The molecule has 0 aromatic rings. The Morgan fingerprint density at radius 1 is 1.02 bits per heavy atom. The molecule has 254 valence electrons. The van der Waals surface area contributed by atoms with E-state index in [0.717, 1.165) is 37.7 Å². The fraction of sp³-hybridized carbons (Fsp3) is 0.811. The van der Waals surface area contributed by atoms with E-state index in [2.05, 4.69) is 49.7 Å². The van der Waals surface area contributed by atoms with E-state index in [0.29, 0.717) is 30.8 Å². The van der Waals surface area contributed by atoms with Gasteiger partial charge in [-0.05, 0) is 131 Å². The first-order valence-corrected chi connectivity index (χ1v) is 17.9. The third-order valence-electron chi connectivity index (χ3n) is 12.5. The number of ether oxygens (including phenoxy) is 3. The molecule has 1 N–H and O–H groups in total. The molecule has 8 heteroatoms. The van der Waals surface area contributed by atoms with Gasteiger partial charge in [0.15, 0.2) is 0 Å². The van der Waals surface area contributed by atoms with Crippen LogP contribution in [0.4, 0.5) is 0 Å². The Bertz CT molecular complexity index is 1230. The van der Waals surface area contributed by atoms with Gasteiger partial charge in [-0.25, -0.2) is 4.79 Å². The molecular weight excluding hydrogens is 636 g/mol. The monoisotopic (exact) mass is 692 g/mol. The lowest BCUT2D eigenvalue weighted by molar-refractivity contribution is -0.235. The second-order valence-corrected chi connectivity index (χ2v) is 17.6. The van der Waals surface area contributed by atoms with Gasteiger partial charge in [-0.15, -0.1) is 0 Å². The molecule has 0 bridgehead atoms. The molecule has 0 saturated heterocycles. The Morgan fingerprint density at radius 3 is 2.29 bits per heavy atom. The summed E-state index contributed by atoms with van der Waals surface area (Å²) < 4.78 is 16.7. The zero-order chi connectivity index (χ0) is 33.7. The summed E-state index contributed by atoms with van der Waals surface area (Å²) in [6, 6.07) is 0. The molecule has 0 radical (unpaired) electrons. The summed E-state index contributed by atoms with van der Waals surface area (Å²) in [6.45, 7) is 19.9. The number of halogens is 1. The Hall–Kier alpha value is -1.67. The smallest absolute Gasteiger partial charge is 0.336 e. The van der Waals surface area contributed by atoms with Crippen LogP contribution >= 0.6 is 15.9 Å². The van der Waals surface area contributed by atoms with Gasteiger partial charge in [0.25, 0.3) is 0 Å². The highest BCUT2D eigenvalue weighted by molar-refractivity contribution is 9.09. The maximum absolute atomic E-state index is 13.8. The van der Waals surface area contributed by atoms with Crippen LogP contribution < -0.4 is 0 Å². The predicted octanol–water partition coefficient (Wildman–Crippen LogP) is 8.07. The summed E-state index contributed by atoms with van der Waals surface area (Å²) in [5.41, 5.74) is 1.80. The first kappa shape index (κ1) is 36.2. The van der Waals surface area contributed by atoms with Crippen molar-refractivity contribution in [2.45, 2.75) is 138 Å². The largest absolute Gasteiger partial charge is 0.462 e. The van der Waals surface area contributed by atoms with Crippen LogP contribution in [0.25, 0.3) is 0 Å². The third kappa shape index (κ3) is 6.58. The van der Waals surface area contributed by atoms with Crippen LogP contribution in [0.15, 0.2) is 22.8 Å². The molecule has 4 unspecified atom stereocenters. The molecule has 4 aliphatic rings. The van der Waals surface area contributed by atoms with Crippen LogP contribution in [0.2, 0.25) is 0 Å². The standard InChI is InChI=1S/C37H57BrO7/c1-21(2)12-11-13-24(32(41)43-20-44-33(42)34(5,6)7)30-26-18-28(40)31-35(8)16-15-29(45-23(4)39)22(3)25(35)14-17-36(31,9)37(26,10)19-27(30)38/h12,22,25-29,31,40H,11,13-20H2,1-10H3/b30-24-/t22-,25?,26?,27+,28+,29+,31?,35-,36-,37?/m0/s1. The highest BCUT2D eigenvalue weighted by Gasteiger charge is 2.70. The molecule has 0 aromatic carbocycles. The third-order valence-corrected chi connectivity index (χ3v) is 13.3. The first-order chi connectivity index (χ1) is 20.8. The zero-order valence-corrected chi connectivity index (χ0v) is 30.8. The molecule has 45 heavy (non-hydrogen) atoms. The van der Waals surface area contributed by atoms with Gasteiger partial charge in [-0.2, -0.15) is 0 Å². The van der Waals surface area contributed by atoms with Gasteiger partial charge in [-0.3, -0.25) is 9.59 Å². The minimum atomic E-state index is -0.692. The van der Waals surface area contributed by atoms with Gasteiger partial charge < -0.3 is 19.3 Å². The number of allylic oxidation sites excluding steroid dienone is 3. The van der Waals surface area contributed by atoms with Crippen molar-refractivity contribution < 1.29 is 33.7 Å². The van der Waals surface area contributed by atoms with Gasteiger partial charge in [0.05, 0.1) is 11.5 Å². The molecule has 7 nitrogen and oxygen atoms in total. The molecule has 0 spiro atoms. The first-order valence-electron chi connectivity index (χ1n) is 17.0. The molecule has 4 saturated carbocycles. The van der Waals surface area contributed by atoms with E-state index in [1.165, 1.54) is 12.5 Å². The lowest BCUT2D eigenvalue weighted by Crippen LogP contribution is -2.65. The van der Waals surface area contributed by atoms with Crippen LogP contribution in [0, 0.1) is 45.3 Å². The van der Waals surface area contributed by atoms with E-state index in [1.807, 2.05) is 13.8 Å². The van der Waals surface area contributed by atoms with Crippen LogP contribution in [0.3, 0.4) is 0 Å². The number of aliphatic hydroxyl groups is 1. The van der Waals surface area contributed by atoms with Crippen molar-refractivity contribution in [2.75, 3.05) is 6.79 Å². The van der Waals surface area contributed by atoms with Gasteiger partial charge in [0.1, 0.15) is 6.10 Å². The van der Waals surface area contributed by atoms with Crippen LogP contribution in [-0.2, 0) is 28.6 Å². The van der Waals surface area contributed by atoms with Crippen molar-refractivity contribution in [1.82, 2.24) is 0 Å². The van der Waals surface area contributed by atoms with Gasteiger partial charge in [-0.1, -0.05) is 55.3 Å². The molecule has 0 aromatic heterocycles. The van der Waals surface area contributed by atoms with Gasteiger partial charge >= 0.3 is 17.9 Å². The van der Waals surface area contributed by atoms with Crippen molar-refractivity contribution >= 4 is 33.8 Å². The van der Waals surface area contributed by atoms with Crippen molar-refractivity contribution in [3.63, 3.8) is 0 Å². The van der Waals surface area contributed by atoms with Crippen LogP contribution in [0.1, 0.15) is 121 Å². The van der Waals surface area contributed by atoms with E-state index >= 15 is 0 Å². The molecule has 0 heterocycles. The number of aliphatic hydroxyl groups excluding tert-OH is 1. The number of fused-ring (bicyclic) bond motifs is 5. The highest BCUT2D eigenvalue weighted by atomic mass is 79.9. The summed E-state index contributed by atoms with van der Waals surface area (Å²) in [6.07, 6.45) is 7.97. The quantitative estimate of drug-likeness (QED) is 0.0947. The summed E-state index contributed by atoms with van der Waals surface area (Å²) >= 11 is 4.02. The van der Waals surface area contributed by atoms with Crippen molar-refractivity contribution in [2.24, 2.45) is 45.3 Å². The summed E-state index contributed by atoms with van der Waals surface area (Å²) in [5.74, 6) is -0.369. The number of hydrogen-bond acceptors (Lipinski definition) is 7. The maximum atomic E-state index is 13.8. The van der Waals surface area contributed by atoms with Crippen LogP contribution in [0.5, 0.6) is 0 Å². The highest BCUT2D eigenvalue weighted by Crippen LogP contribution is 2.74. The fourth-order valence-electron chi connectivity index (χ4n) is 10.3. The average Bonchev–Trinajstić information content (AvgIpc) is 3.17. The molecule has 4 fully saturated rings. The molecule has 10 atom stereocenters. The van der Waals surface area contributed by atoms with E-state index in [-0.39, 0.29) is 50.9 Å². The van der Waals surface area contributed by atoms with Crippen LogP contribution in [-0.4, -0.2) is 46.8 Å². The van der Waals surface area contributed by atoms with Crippen molar-refractivity contribution in [1.29, 1.82) is 0 Å². The summed E-state index contributed by atoms with van der Waals surface area (Å²) in [7, 11) is 0. The number of esters is 3. The molecule has 0 amide bonds. The topological polar surface area (TPSA) is 99.1 Å². The SMILES string of the molecule is CC(=O)O[C@@H]1CC[C@@]2(C)C(CC[C@@]3(C)C2[C@H](O)CC2/C(=C(\CCC=C(C)C)C(=O)OCOC(=O)C(C)(C)C)[C@H](Br)CC23C)[C@@H]1C. The van der Waals surface area contributed by atoms with Gasteiger partial charge in [0, 0.05) is 17.3 Å². The number of alkyl halides is 1. The summed E-state index contributed by atoms with van der Waals surface area (Å²) in [4.78, 5) is 37.9. The average molecular weight is 694 g/mol. The number of hydrogen-bond donors (Lipinski definition) is 1. The minimum absolute atomic E-state index is 0.0134. The lowest BCUT2D eigenvalue weighted by Gasteiger charge is -2.69. The van der Waals surface area contributed by atoms with Gasteiger partial charge in [0.2, 0.25) is 6.79 Å². The molecule has 4 aliphatic carbocycles. The second kappa shape index (κ2) is 13.1. The molecule has 0 aliphatic heterocycles. The minimum Gasteiger partial charge on any atom is -0.462 e. The zero-order valence-electron chi connectivity index (χ0n) is 29.3. The van der Waals surface area contributed by atoms with Crippen molar-refractivity contribution in [3.05, 3.63) is 22.8 Å². The second-order valence-electron chi connectivity index (χ2n) is 16.5. The van der Waals surface area contributed by atoms with E-state index < -0.39 is 30.3 Å². The van der Waals surface area contributed by atoms with Crippen molar-refractivity contribution in [3.8, 4) is 0 Å². The number of carbonyl (C=O) groups excluding carboxylic acids is 3. The Kier molecular flexibility index (Phi) is 10.5. The summed E-state index contributed by atoms with van der Waals surface area (Å²) in [5, 5.41) is 12.2. The Labute approximate surface area is 279 Å². The number of rotatable bonds is 7. The lowest BCUT2D eigenvalue weighted by atomic mass is 9.36. The van der Waals surface area contributed by atoms with E-state index in [1.54, 1.807) is 20.8 Å². The normalized spacial score (nSPS) is 40.3. The maximum Gasteiger partial charge on any atom is 0.336 e. The number of carbonyl (C=O) groups is 3. The molecule has 4 rings (SSSR count). The van der Waals surface area contributed by atoms with E-state index in [9.17, 15) is 19.5 Å². The Morgan fingerprint density at radius 2 is 1.69 bits per heavy atom. The fourth-order valence-corrected chi connectivity index (χ4v) is 11.5. The van der Waals surface area contributed by atoms with E-state index in [4.69, 9.17) is 14.2 Å².